The van der Waals surface area contributed by atoms with Crippen molar-refractivity contribution in [2.75, 3.05) is 19.0 Å². The predicted octanol–water partition coefficient (Wildman–Crippen LogP) is 3.14. The SMILES string of the molecule is CN(C)c1nccc(CNC(=O)c2ccc(-c3ccccc3)cc2)n1. The summed E-state index contributed by atoms with van der Waals surface area (Å²) in [7, 11) is 3.76. The summed E-state index contributed by atoms with van der Waals surface area (Å²) >= 11 is 0. The summed E-state index contributed by atoms with van der Waals surface area (Å²) in [4.78, 5) is 22.7. The predicted molar refractivity (Wildman–Crippen MR) is 99.4 cm³/mol. The summed E-state index contributed by atoms with van der Waals surface area (Å²) in [6.45, 7) is 0.364. The quantitative estimate of drug-likeness (QED) is 0.780. The molecule has 126 valence electrons. The number of amides is 1. The van der Waals surface area contributed by atoms with Crippen LogP contribution in [0.3, 0.4) is 0 Å². The lowest BCUT2D eigenvalue weighted by molar-refractivity contribution is 0.0950. The van der Waals surface area contributed by atoms with Crippen LogP contribution in [0.5, 0.6) is 0 Å². The zero-order chi connectivity index (χ0) is 17.6. The first kappa shape index (κ1) is 16.6. The van der Waals surface area contributed by atoms with Gasteiger partial charge in [-0.1, -0.05) is 42.5 Å². The molecule has 0 aliphatic heterocycles. The van der Waals surface area contributed by atoms with Crippen molar-refractivity contribution in [3.05, 3.63) is 78.1 Å². The smallest absolute Gasteiger partial charge is 0.251 e. The van der Waals surface area contributed by atoms with E-state index in [0.717, 1.165) is 16.8 Å². The molecular weight excluding hydrogens is 312 g/mol. The maximum Gasteiger partial charge on any atom is 0.251 e. The van der Waals surface area contributed by atoms with Gasteiger partial charge in [0.1, 0.15) is 0 Å². The fraction of sp³-hybridized carbons (Fsp3) is 0.150. The number of hydrogen-bond donors (Lipinski definition) is 1. The second-order valence-corrected chi connectivity index (χ2v) is 5.87. The monoisotopic (exact) mass is 332 g/mol. The van der Waals surface area contributed by atoms with Crippen molar-refractivity contribution in [1.29, 1.82) is 0 Å². The number of nitrogens with zero attached hydrogens (tertiary/aromatic N) is 3. The van der Waals surface area contributed by atoms with Crippen molar-refractivity contribution < 1.29 is 4.79 Å². The highest BCUT2D eigenvalue weighted by Gasteiger charge is 2.07. The van der Waals surface area contributed by atoms with Crippen LogP contribution in [0.2, 0.25) is 0 Å². The lowest BCUT2D eigenvalue weighted by atomic mass is 10.0. The van der Waals surface area contributed by atoms with Gasteiger partial charge in [-0.15, -0.1) is 0 Å². The molecule has 1 N–H and O–H groups in total. The standard InChI is InChI=1S/C20H20N4O/c1-24(2)20-21-13-12-18(23-20)14-22-19(25)17-10-8-16(9-11-17)15-6-4-3-5-7-15/h3-13H,14H2,1-2H3,(H,22,25). The summed E-state index contributed by atoms with van der Waals surface area (Å²) in [5.41, 5.74) is 3.62. The van der Waals surface area contributed by atoms with E-state index in [2.05, 4.69) is 15.3 Å². The largest absolute Gasteiger partial charge is 0.347 e. The van der Waals surface area contributed by atoms with Gasteiger partial charge < -0.3 is 10.2 Å². The van der Waals surface area contributed by atoms with Gasteiger partial charge in [-0.3, -0.25) is 4.79 Å². The number of aromatic nitrogens is 2. The Morgan fingerprint density at radius 3 is 2.32 bits per heavy atom. The maximum absolute atomic E-state index is 12.3. The van der Waals surface area contributed by atoms with Crippen molar-refractivity contribution in [1.82, 2.24) is 15.3 Å². The minimum absolute atomic E-state index is 0.121. The Labute approximate surface area is 147 Å². The number of hydrogen-bond acceptors (Lipinski definition) is 4. The molecule has 0 unspecified atom stereocenters. The fourth-order valence-electron chi connectivity index (χ4n) is 2.42. The maximum atomic E-state index is 12.3. The number of carbonyl (C=O) groups excluding carboxylic acids is 1. The summed E-state index contributed by atoms with van der Waals surface area (Å²) in [6, 6.07) is 19.5. The van der Waals surface area contributed by atoms with Crippen molar-refractivity contribution in [3.63, 3.8) is 0 Å². The molecule has 5 nitrogen and oxygen atoms in total. The van der Waals surface area contributed by atoms with Crippen molar-refractivity contribution in [2.45, 2.75) is 6.54 Å². The first-order valence-corrected chi connectivity index (χ1v) is 8.06. The van der Waals surface area contributed by atoms with Crippen molar-refractivity contribution in [2.24, 2.45) is 0 Å². The number of carbonyl (C=O) groups is 1. The lowest BCUT2D eigenvalue weighted by Crippen LogP contribution is -2.24. The first-order chi connectivity index (χ1) is 12.1. The third-order valence-electron chi connectivity index (χ3n) is 3.78. The van der Waals surface area contributed by atoms with E-state index in [1.54, 1.807) is 12.3 Å². The molecule has 0 radical (unpaired) electrons. The van der Waals surface area contributed by atoms with Crippen LogP contribution in [0.15, 0.2) is 66.9 Å². The zero-order valence-corrected chi connectivity index (χ0v) is 14.3. The summed E-state index contributed by atoms with van der Waals surface area (Å²) in [5.74, 6) is 0.503. The van der Waals surface area contributed by atoms with Gasteiger partial charge in [0, 0.05) is 25.9 Å². The van der Waals surface area contributed by atoms with E-state index in [1.165, 1.54) is 0 Å². The topological polar surface area (TPSA) is 58.1 Å². The molecule has 0 saturated heterocycles. The Morgan fingerprint density at radius 2 is 1.64 bits per heavy atom. The Kier molecular flexibility index (Phi) is 5.04. The van der Waals surface area contributed by atoms with E-state index >= 15 is 0 Å². The molecule has 2 aromatic carbocycles. The van der Waals surface area contributed by atoms with Crippen LogP contribution in [0.25, 0.3) is 11.1 Å². The van der Waals surface area contributed by atoms with E-state index in [1.807, 2.05) is 73.6 Å². The van der Waals surface area contributed by atoms with Gasteiger partial charge in [0.25, 0.3) is 5.91 Å². The van der Waals surface area contributed by atoms with Gasteiger partial charge in [0.05, 0.1) is 12.2 Å². The molecule has 1 amide bonds. The number of rotatable bonds is 5. The molecule has 0 bridgehead atoms. The minimum atomic E-state index is -0.121. The lowest BCUT2D eigenvalue weighted by Gasteiger charge is -2.11. The van der Waals surface area contributed by atoms with E-state index in [0.29, 0.717) is 18.1 Å². The third kappa shape index (κ3) is 4.20. The molecule has 3 rings (SSSR count). The normalized spacial score (nSPS) is 10.3. The molecule has 3 aromatic rings. The molecule has 0 aliphatic carbocycles. The highest BCUT2D eigenvalue weighted by atomic mass is 16.1. The summed E-state index contributed by atoms with van der Waals surface area (Å²) in [6.07, 6.45) is 1.69. The van der Waals surface area contributed by atoms with Gasteiger partial charge >= 0.3 is 0 Å². The molecule has 25 heavy (non-hydrogen) atoms. The third-order valence-corrected chi connectivity index (χ3v) is 3.78. The molecule has 0 atom stereocenters. The molecule has 5 heteroatoms. The average molecular weight is 332 g/mol. The van der Waals surface area contributed by atoms with Gasteiger partial charge in [-0.2, -0.15) is 0 Å². The second kappa shape index (κ2) is 7.57. The summed E-state index contributed by atoms with van der Waals surface area (Å²) in [5, 5.41) is 2.89. The number of nitrogens with one attached hydrogen (secondary N) is 1. The molecule has 0 aliphatic rings. The highest BCUT2D eigenvalue weighted by molar-refractivity contribution is 5.94. The number of benzene rings is 2. The molecule has 0 saturated carbocycles. The van der Waals surface area contributed by atoms with Crippen molar-refractivity contribution >= 4 is 11.9 Å². The van der Waals surface area contributed by atoms with Crippen LogP contribution >= 0.6 is 0 Å². The zero-order valence-electron chi connectivity index (χ0n) is 14.3. The molecule has 0 spiro atoms. The minimum Gasteiger partial charge on any atom is -0.347 e. The summed E-state index contributed by atoms with van der Waals surface area (Å²) < 4.78 is 0. The average Bonchev–Trinajstić information content (AvgIpc) is 2.67. The molecule has 1 aromatic heterocycles. The van der Waals surface area contributed by atoms with E-state index in [-0.39, 0.29) is 5.91 Å². The van der Waals surface area contributed by atoms with Gasteiger partial charge in [-0.25, -0.2) is 9.97 Å². The first-order valence-electron chi connectivity index (χ1n) is 8.06. The van der Waals surface area contributed by atoms with Gasteiger partial charge in [0.15, 0.2) is 0 Å². The fourth-order valence-corrected chi connectivity index (χ4v) is 2.42. The van der Waals surface area contributed by atoms with E-state index < -0.39 is 0 Å². The van der Waals surface area contributed by atoms with Gasteiger partial charge in [0.2, 0.25) is 5.95 Å². The highest BCUT2D eigenvalue weighted by Crippen LogP contribution is 2.19. The Morgan fingerprint density at radius 1 is 0.960 bits per heavy atom. The second-order valence-electron chi connectivity index (χ2n) is 5.87. The van der Waals surface area contributed by atoms with Crippen LogP contribution in [0.1, 0.15) is 16.1 Å². The van der Waals surface area contributed by atoms with Crippen LogP contribution < -0.4 is 10.2 Å². The van der Waals surface area contributed by atoms with Crippen LogP contribution in [0, 0.1) is 0 Å². The van der Waals surface area contributed by atoms with Crippen LogP contribution in [-0.2, 0) is 6.54 Å². The van der Waals surface area contributed by atoms with Crippen molar-refractivity contribution in [3.8, 4) is 11.1 Å². The Balaban J connectivity index is 1.65. The Bertz CT molecular complexity index is 845. The molecular formula is C20H20N4O. The van der Waals surface area contributed by atoms with E-state index in [9.17, 15) is 4.79 Å². The van der Waals surface area contributed by atoms with Gasteiger partial charge in [-0.05, 0) is 29.3 Å². The van der Waals surface area contributed by atoms with E-state index in [4.69, 9.17) is 0 Å². The molecule has 0 fully saturated rings. The molecule has 1 heterocycles. The Hall–Kier alpha value is -3.21. The number of anilines is 1. The van der Waals surface area contributed by atoms with Crippen LogP contribution in [0.4, 0.5) is 5.95 Å². The van der Waals surface area contributed by atoms with Crippen LogP contribution in [-0.4, -0.2) is 30.0 Å².